The lowest BCUT2D eigenvalue weighted by molar-refractivity contribution is -0.140. The molecule has 1 saturated heterocycles. The van der Waals surface area contributed by atoms with Crippen LogP contribution >= 0.6 is 0 Å². The van der Waals surface area contributed by atoms with Crippen LogP contribution in [0.25, 0.3) is 0 Å². The van der Waals surface area contributed by atoms with Crippen LogP contribution in [0.15, 0.2) is 35.3 Å². The Labute approximate surface area is 209 Å². The summed E-state index contributed by atoms with van der Waals surface area (Å²) in [6, 6.07) is 2.61. The fourth-order valence-electron chi connectivity index (χ4n) is 4.70. The molecule has 0 unspecified atom stereocenters. The number of halogens is 6. The number of alkyl halides is 5. The molecule has 0 radical (unpaired) electrons. The Hall–Kier alpha value is -3.02. The first-order valence-corrected chi connectivity index (χ1v) is 12.0. The number of hydrogen-bond acceptors (Lipinski definition) is 4. The Morgan fingerprint density at radius 1 is 1.16 bits per heavy atom. The number of pyridine rings is 1. The van der Waals surface area contributed by atoms with Gasteiger partial charge in [-0.1, -0.05) is 12.1 Å². The van der Waals surface area contributed by atoms with Crippen LogP contribution < -0.4 is 16.2 Å². The molecule has 6 nitrogen and oxygen atoms in total. The summed E-state index contributed by atoms with van der Waals surface area (Å²) in [6.45, 7) is 2.87. The summed E-state index contributed by atoms with van der Waals surface area (Å²) >= 11 is 0. The Balaban J connectivity index is 1.67. The molecule has 1 amide bonds. The van der Waals surface area contributed by atoms with Gasteiger partial charge in [-0.3, -0.25) is 9.59 Å². The summed E-state index contributed by atoms with van der Waals surface area (Å²) in [5, 5.41) is 5.63. The number of piperidine rings is 1. The smallest absolute Gasteiger partial charge is 0.381 e. The largest absolute Gasteiger partial charge is 0.419 e. The third kappa shape index (κ3) is 5.48. The number of benzene rings is 1. The maximum atomic E-state index is 14.6. The van der Waals surface area contributed by atoms with Gasteiger partial charge >= 0.3 is 6.18 Å². The maximum absolute atomic E-state index is 14.6. The number of rotatable bonds is 7. The number of nitrogens with zero attached hydrogens (tertiary/aromatic N) is 2. The Morgan fingerprint density at radius 2 is 1.81 bits per heavy atom. The molecular weight excluding hydrogens is 502 g/mol. The van der Waals surface area contributed by atoms with Crippen LogP contribution in [0.4, 0.5) is 32.0 Å². The first kappa shape index (κ1) is 27.0. The quantitative estimate of drug-likeness (QED) is 0.507. The van der Waals surface area contributed by atoms with Gasteiger partial charge in [0.2, 0.25) is 0 Å². The summed E-state index contributed by atoms with van der Waals surface area (Å²) in [7, 11) is 1.96. The minimum atomic E-state index is -4.92. The van der Waals surface area contributed by atoms with E-state index in [1.807, 2.05) is 7.05 Å². The first-order valence-electron chi connectivity index (χ1n) is 12.0. The topological polar surface area (TPSA) is 66.4 Å². The first-order chi connectivity index (χ1) is 17.3. The summed E-state index contributed by atoms with van der Waals surface area (Å²) in [6.07, 6.45) is -5.10. The Kier molecular flexibility index (Phi) is 7.33. The van der Waals surface area contributed by atoms with Gasteiger partial charge in [0.15, 0.2) is 0 Å². The van der Waals surface area contributed by atoms with Crippen molar-refractivity contribution in [3.8, 4) is 0 Å². The molecule has 2 aliphatic rings. The molecule has 1 aliphatic heterocycles. The molecule has 2 fully saturated rings. The van der Waals surface area contributed by atoms with Crippen molar-refractivity contribution in [1.29, 1.82) is 0 Å². The van der Waals surface area contributed by atoms with Gasteiger partial charge in [-0.2, -0.15) is 13.2 Å². The van der Waals surface area contributed by atoms with Crippen LogP contribution in [0.1, 0.15) is 60.1 Å². The van der Waals surface area contributed by atoms with E-state index < -0.39 is 47.0 Å². The predicted octanol–water partition coefficient (Wildman–Crippen LogP) is 4.76. The fraction of sp³-hybridized carbons (Fsp3) is 0.520. The monoisotopic (exact) mass is 530 g/mol. The molecule has 1 aromatic heterocycles. The van der Waals surface area contributed by atoms with Gasteiger partial charge in [0.1, 0.15) is 11.4 Å². The zero-order chi connectivity index (χ0) is 27.1. The third-order valence-corrected chi connectivity index (χ3v) is 7.17. The Bertz CT molecular complexity index is 1220. The molecule has 202 valence electrons. The summed E-state index contributed by atoms with van der Waals surface area (Å²) in [5.41, 5.74) is -4.22. The highest BCUT2D eigenvalue weighted by Crippen LogP contribution is 2.48. The van der Waals surface area contributed by atoms with E-state index in [9.17, 15) is 35.9 Å². The number of nitrogens with one attached hydrogen (secondary N) is 2. The molecule has 37 heavy (non-hydrogen) atoms. The number of carbonyl (C=O) groups excluding carboxylic acids is 1. The summed E-state index contributed by atoms with van der Waals surface area (Å²) in [5.74, 6) is -2.34. The number of aromatic nitrogens is 1. The second-order valence-corrected chi connectivity index (χ2v) is 9.84. The summed E-state index contributed by atoms with van der Waals surface area (Å²) < 4.78 is 82.5. The summed E-state index contributed by atoms with van der Waals surface area (Å²) in [4.78, 5) is 28.2. The van der Waals surface area contributed by atoms with Crippen LogP contribution in [0.2, 0.25) is 0 Å². The van der Waals surface area contributed by atoms with Crippen molar-refractivity contribution in [1.82, 2.24) is 14.8 Å². The highest BCUT2D eigenvalue weighted by molar-refractivity contribution is 5.99. The zero-order valence-corrected chi connectivity index (χ0v) is 20.3. The zero-order valence-electron chi connectivity index (χ0n) is 20.3. The van der Waals surface area contributed by atoms with Gasteiger partial charge < -0.3 is 20.1 Å². The van der Waals surface area contributed by atoms with E-state index in [4.69, 9.17) is 0 Å². The van der Waals surface area contributed by atoms with Crippen LogP contribution in [0.3, 0.4) is 0 Å². The van der Waals surface area contributed by atoms with E-state index >= 15 is 0 Å². The van der Waals surface area contributed by atoms with Crippen molar-refractivity contribution in [2.45, 2.75) is 62.8 Å². The number of carbonyl (C=O) groups is 1. The fourth-order valence-corrected chi connectivity index (χ4v) is 4.70. The van der Waals surface area contributed by atoms with E-state index in [0.717, 1.165) is 42.1 Å². The Morgan fingerprint density at radius 3 is 2.38 bits per heavy atom. The lowest BCUT2D eigenvalue weighted by Crippen LogP contribution is -2.40. The molecule has 4 rings (SSSR count). The minimum absolute atomic E-state index is 0.0687. The normalized spacial score (nSPS) is 19.1. The molecule has 12 heteroatoms. The molecule has 1 saturated carbocycles. The molecule has 0 bridgehead atoms. The van der Waals surface area contributed by atoms with Crippen molar-refractivity contribution < 1.29 is 31.1 Å². The molecule has 1 atom stereocenters. The van der Waals surface area contributed by atoms with Crippen molar-refractivity contribution >= 4 is 11.6 Å². The van der Waals surface area contributed by atoms with E-state index in [1.165, 1.54) is 6.92 Å². The molecule has 0 spiro atoms. The van der Waals surface area contributed by atoms with E-state index in [2.05, 4.69) is 15.5 Å². The molecule has 1 aromatic carbocycles. The number of amides is 1. The second kappa shape index (κ2) is 10.0. The van der Waals surface area contributed by atoms with Gasteiger partial charge in [0.25, 0.3) is 17.9 Å². The van der Waals surface area contributed by atoms with E-state index in [0.29, 0.717) is 18.9 Å². The van der Waals surface area contributed by atoms with Crippen LogP contribution in [0, 0.1) is 5.82 Å². The van der Waals surface area contributed by atoms with Gasteiger partial charge in [0.05, 0.1) is 22.9 Å². The molecule has 2 heterocycles. The van der Waals surface area contributed by atoms with Gasteiger partial charge in [-0.05, 0) is 58.8 Å². The van der Waals surface area contributed by atoms with Crippen molar-refractivity contribution in [3.63, 3.8) is 0 Å². The minimum Gasteiger partial charge on any atom is -0.381 e. The maximum Gasteiger partial charge on any atom is 0.419 e. The predicted molar refractivity (Wildman–Crippen MR) is 125 cm³/mol. The molecule has 1 aliphatic carbocycles. The number of likely N-dealkylation sites (tertiary alicyclic amines) is 1. The van der Waals surface area contributed by atoms with Crippen LogP contribution in [-0.2, 0) is 11.7 Å². The number of hydrogen-bond donors (Lipinski definition) is 2. The standard InChI is InChI=1S/C25H28F6N4O2/c1-14(16-4-3-5-18(21(16)26)25(29,30)31)32-22(37)17-13-35(24(8-9-24)23(27)28)20(36)12-19(17)33-15-6-10-34(2)11-7-15/h3-5,12-15,23,33H,6-11H2,1-2H3,(H,32,37)/t14-/m1/s1. The third-order valence-electron chi connectivity index (χ3n) is 7.17. The highest BCUT2D eigenvalue weighted by Gasteiger charge is 2.53. The van der Waals surface area contributed by atoms with Crippen molar-refractivity contribution in [2.24, 2.45) is 0 Å². The second-order valence-electron chi connectivity index (χ2n) is 9.84. The highest BCUT2D eigenvalue weighted by atomic mass is 19.4. The average molecular weight is 531 g/mol. The van der Waals surface area contributed by atoms with Crippen LogP contribution in [0.5, 0.6) is 0 Å². The van der Waals surface area contributed by atoms with Gasteiger partial charge in [-0.25, -0.2) is 13.2 Å². The number of anilines is 1. The average Bonchev–Trinajstić information content (AvgIpc) is 3.62. The van der Waals surface area contributed by atoms with E-state index in [1.54, 1.807) is 0 Å². The lowest BCUT2D eigenvalue weighted by Gasteiger charge is -2.31. The van der Waals surface area contributed by atoms with E-state index in [-0.39, 0.29) is 35.7 Å². The molecule has 2 N–H and O–H groups in total. The van der Waals surface area contributed by atoms with Gasteiger partial charge in [0, 0.05) is 23.9 Å². The molecular formula is C25H28F6N4O2. The van der Waals surface area contributed by atoms with Crippen molar-refractivity contribution in [2.75, 3.05) is 25.5 Å². The van der Waals surface area contributed by atoms with Crippen LogP contribution in [-0.4, -0.2) is 48.0 Å². The molecule has 2 aromatic rings. The van der Waals surface area contributed by atoms with Crippen molar-refractivity contribution in [3.05, 3.63) is 63.3 Å². The SMILES string of the molecule is C[C@@H](NC(=O)c1cn(C2(C(F)F)CC2)c(=O)cc1NC1CCN(C)CC1)c1cccc(C(F)(F)F)c1F. The van der Waals surface area contributed by atoms with Gasteiger partial charge in [-0.15, -0.1) is 0 Å². The lowest BCUT2D eigenvalue weighted by atomic mass is 10.0.